The molecule has 2 bridgehead atoms. The molecule has 0 amide bonds. The predicted molar refractivity (Wildman–Crippen MR) is 98.6 cm³/mol. The maximum Gasteiger partial charge on any atom is 0.100 e. The number of rotatable bonds is 5. The summed E-state index contributed by atoms with van der Waals surface area (Å²) < 4.78 is 12.5. The molecule has 2 heterocycles. The number of benzene rings is 2. The molecule has 2 nitrogen and oxygen atoms in total. The fourth-order valence-electron chi connectivity index (χ4n) is 3.63. The number of halogens is 1. The Morgan fingerprint density at radius 3 is 2.46 bits per heavy atom. The molecule has 0 N–H and O–H groups in total. The van der Waals surface area contributed by atoms with E-state index in [1.54, 1.807) is 0 Å². The number of hydrogen-bond acceptors (Lipinski definition) is 3. The van der Waals surface area contributed by atoms with Gasteiger partial charge in [0.2, 0.25) is 0 Å². The van der Waals surface area contributed by atoms with E-state index in [-0.39, 0.29) is 28.4 Å². The Morgan fingerprint density at radius 2 is 1.79 bits per heavy atom. The Balaban J connectivity index is 1.47. The molecular formula is C20H21ClO2S. The van der Waals surface area contributed by atoms with Crippen molar-refractivity contribution < 1.29 is 9.47 Å². The summed E-state index contributed by atoms with van der Waals surface area (Å²) in [5, 5.41) is 0.252. The largest absolute Gasteiger partial charge is 0.369 e. The lowest BCUT2D eigenvalue weighted by Crippen LogP contribution is -2.49. The van der Waals surface area contributed by atoms with Gasteiger partial charge in [0.05, 0.1) is 28.9 Å². The van der Waals surface area contributed by atoms with E-state index in [9.17, 15) is 0 Å². The van der Waals surface area contributed by atoms with E-state index >= 15 is 0 Å². The maximum absolute atomic E-state index is 6.67. The van der Waals surface area contributed by atoms with Crippen LogP contribution in [0.25, 0.3) is 0 Å². The van der Waals surface area contributed by atoms with Crippen LogP contribution in [0.3, 0.4) is 0 Å². The number of ether oxygens (including phenoxy) is 2. The van der Waals surface area contributed by atoms with Gasteiger partial charge in [0.25, 0.3) is 0 Å². The Hall–Kier alpha value is -1.00. The molecule has 2 saturated heterocycles. The summed E-state index contributed by atoms with van der Waals surface area (Å²) in [6, 6.07) is 20.7. The molecule has 0 aliphatic carbocycles. The Kier molecular flexibility index (Phi) is 4.61. The summed E-state index contributed by atoms with van der Waals surface area (Å²) in [6.07, 6.45) is 0.974. The molecule has 2 aliphatic rings. The van der Waals surface area contributed by atoms with Gasteiger partial charge in [-0.2, -0.15) is 0 Å². The zero-order valence-electron chi connectivity index (χ0n) is 13.6. The topological polar surface area (TPSA) is 18.5 Å². The summed E-state index contributed by atoms with van der Waals surface area (Å²) in [6.45, 7) is 2.78. The van der Waals surface area contributed by atoms with Crippen LogP contribution in [0.1, 0.15) is 18.9 Å². The normalized spacial score (nSPS) is 34.6. The smallest absolute Gasteiger partial charge is 0.100 e. The van der Waals surface area contributed by atoms with Crippen molar-refractivity contribution in [3.8, 4) is 0 Å². The first-order valence-electron chi connectivity index (χ1n) is 8.35. The summed E-state index contributed by atoms with van der Waals surface area (Å²) in [4.78, 5) is 1.23. The molecule has 24 heavy (non-hydrogen) atoms. The van der Waals surface area contributed by atoms with Crippen molar-refractivity contribution in [2.75, 3.05) is 0 Å². The number of hydrogen-bond donors (Lipinski definition) is 0. The minimum Gasteiger partial charge on any atom is -0.369 e. The molecule has 4 rings (SSSR count). The van der Waals surface area contributed by atoms with E-state index in [1.165, 1.54) is 10.5 Å². The van der Waals surface area contributed by atoms with Gasteiger partial charge >= 0.3 is 0 Å². The average Bonchev–Trinajstić information content (AvgIpc) is 3.11. The molecule has 126 valence electrons. The Labute approximate surface area is 152 Å². The molecule has 0 spiro atoms. The van der Waals surface area contributed by atoms with Crippen molar-refractivity contribution in [1.29, 1.82) is 0 Å². The van der Waals surface area contributed by atoms with Crippen LogP contribution in [-0.2, 0) is 16.1 Å². The second-order valence-electron chi connectivity index (χ2n) is 6.73. The van der Waals surface area contributed by atoms with Crippen LogP contribution in [0, 0.1) is 0 Å². The lowest BCUT2D eigenvalue weighted by atomic mass is 9.85. The van der Waals surface area contributed by atoms with Crippen LogP contribution in [0.5, 0.6) is 0 Å². The summed E-state index contributed by atoms with van der Waals surface area (Å²) in [5.41, 5.74) is 0.911. The van der Waals surface area contributed by atoms with Crippen LogP contribution in [-0.4, -0.2) is 28.4 Å². The Bertz CT molecular complexity index is 681. The molecule has 2 fully saturated rings. The van der Waals surface area contributed by atoms with Gasteiger partial charge in [-0.15, -0.1) is 23.4 Å². The van der Waals surface area contributed by atoms with Gasteiger partial charge in [-0.1, -0.05) is 48.5 Å². The van der Waals surface area contributed by atoms with E-state index in [2.05, 4.69) is 43.3 Å². The molecule has 4 heteroatoms. The third-order valence-electron chi connectivity index (χ3n) is 4.92. The van der Waals surface area contributed by atoms with E-state index in [0.29, 0.717) is 6.61 Å². The molecule has 0 saturated carbocycles. The van der Waals surface area contributed by atoms with Crippen molar-refractivity contribution in [1.82, 2.24) is 0 Å². The number of alkyl halides is 1. The van der Waals surface area contributed by atoms with E-state index in [1.807, 2.05) is 36.0 Å². The quantitative estimate of drug-likeness (QED) is 0.706. The highest BCUT2D eigenvalue weighted by atomic mass is 35.5. The second-order valence-corrected chi connectivity index (χ2v) is 8.48. The van der Waals surface area contributed by atoms with Crippen molar-refractivity contribution in [2.45, 2.75) is 53.3 Å². The fraction of sp³-hybridized carbons (Fsp3) is 0.400. The van der Waals surface area contributed by atoms with E-state index < -0.39 is 0 Å². The third kappa shape index (κ3) is 3.11. The van der Waals surface area contributed by atoms with Crippen LogP contribution < -0.4 is 0 Å². The number of fused-ring (bicyclic) bond motifs is 2. The van der Waals surface area contributed by atoms with Crippen LogP contribution in [0.15, 0.2) is 65.6 Å². The zero-order chi connectivity index (χ0) is 16.6. The van der Waals surface area contributed by atoms with Crippen molar-refractivity contribution >= 4 is 23.4 Å². The van der Waals surface area contributed by atoms with Crippen LogP contribution in [0.4, 0.5) is 0 Å². The third-order valence-corrected chi connectivity index (χ3v) is 6.98. The van der Waals surface area contributed by atoms with Gasteiger partial charge in [-0.05, 0) is 24.6 Å². The molecule has 2 aliphatic heterocycles. The molecule has 0 radical (unpaired) electrons. The standard InChI is InChI=1S/C20H21ClO2S/c1-20(22-13-14-8-4-2-5-9-14)12-16-17(21)18(19(20)23-16)24-15-10-6-3-7-11-15/h2-11,16-19H,12-13H2,1H3/t16-,17+,18-,19-,20-/m0/s1. The number of thioether (sulfide) groups is 1. The van der Waals surface area contributed by atoms with E-state index in [4.69, 9.17) is 21.1 Å². The highest BCUT2D eigenvalue weighted by molar-refractivity contribution is 8.00. The predicted octanol–water partition coefficient (Wildman–Crippen LogP) is 4.90. The maximum atomic E-state index is 6.67. The monoisotopic (exact) mass is 360 g/mol. The molecular weight excluding hydrogens is 340 g/mol. The molecule has 2 aromatic rings. The fourth-order valence-corrected chi connectivity index (χ4v) is 5.48. The van der Waals surface area contributed by atoms with Gasteiger partial charge in [0.15, 0.2) is 0 Å². The molecule has 2 aromatic carbocycles. The van der Waals surface area contributed by atoms with Gasteiger partial charge < -0.3 is 9.47 Å². The molecule has 0 unspecified atom stereocenters. The van der Waals surface area contributed by atoms with Crippen LogP contribution >= 0.6 is 23.4 Å². The average molecular weight is 361 g/mol. The SMILES string of the molecule is C[C@]1(OCc2ccccc2)C[C@@H]2O[C@H]1[C@@H](Sc1ccccc1)[C@@H]2Cl. The highest BCUT2D eigenvalue weighted by Crippen LogP contribution is 2.51. The summed E-state index contributed by atoms with van der Waals surface area (Å²) in [7, 11) is 0. The van der Waals surface area contributed by atoms with Gasteiger partial charge in [0.1, 0.15) is 6.10 Å². The molecule has 5 atom stereocenters. The summed E-state index contributed by atoms with van der Waals surface area (Å²) >= 11 is 8.48. The van der Waals surface area contributed by atoms with Crippen molar-refractivity contribution in [3.05, 3.63) is 66.2 Å². The van der Waals surface area contributed by atoms with Crippen molar-refractivity contribution in [3.63, 3.8) is 0 Å². The zero-order valence-corrected chi connectivity index (χ0v) is 15.2. The van der Waals surface area contributed by atoms with Gasteiger partial charge in [-0.3, -0.25) is 0 Å². The minimum atomic E-state index is -0.279. The minimum absolute atomic E-state index is 0.0268. The second kappa shape index (κ2) is 6.72. The lowest BCUT2D eigenvalue weighted by Gasteiger charge is -2.37. The summed E-state index contributed by atoms with van der Waals surface area (Å²) in [5.74, 6) is 0. The van der Waals surface area contributed by atoms with Crippen LogP contribution in [0.2, 0.25) is 0 Å². The highest BCUT2D eigenvalue weighted by Gasteiger charge is 2.60. The van der Waals surface area contributed by atoms with E-state index in [0.717, 1.165) is 6.42 Å². The first-order chi connectivity index (χ1) is 11.7. The van der Waals surface area contributed by atoms with Gasteiger partial charge in [-0.25, -0.2) is 0 Å². The van der Waals surface area contributed by atoms with Crippen molar-refractivity contribution in [2.24, 2.45) is 0 Å². The Morgan fingerprint density at radius 1 is 1.12 bits per heavy atom. The first-order valence-corrected chi connectivity index (χ1v) is 9.66. The lowest BCUT2D eigenvalue weighted by molar-refractivity contribution is -0.0823. The van der Waals surface area contributed by atoms with Gasteiger partial charge in [0, 0.05) is 11.3 Å². The molecule has 0 aromatic heterocycles. The first kappa shape index (κ1) is 16.5.